The van der Waals surface area contributed by atoms with Gasteiger partial charge in [-0.2, -0.15) is 11.8 Å². The molecule has 0 aromatic heterocycles. The summed E-state index contributed by atoms with van der Waals surface area (Å²) in [5, 5.41) is 2.92. The van der Waals surface area contributed by atoms with Crippen molar-refractivity contribution in [2.45, 2.75) is 13.5 Å². The predicted molar refractivity (Wildman–Crippen MR) is 114 cm³/mol. The fraction of sp³-hybridized carbons (Fsp3) is 0.300. The van der Waals surface area contributed by atoms with E-state index < -0.39 is 0 Å². The second-order valence-electron chi connectivity index (χ2n) is 6.29. The molecule has 7 heteroatoms. The van der Waals surface area contributed by atoms with Gasteiger partial charge in [-0.1, -0.05) is 18.2 Å². The molecule has 5 nitrogen and oxygen atoms in total. The summed E-state index contributed by atoms with van der Waals surface area (Å²) >= 11 is 1.87. The Hall–Kier alpha value is -2.02. The van der Waals surface area contributed by atoms with Crippen LogP contribution < -0.4 is 11.1 Å². The van der Waals surface area contributed by atoms with E-state index in [0.29, 0.717) is 23.4 Å². The van der Waals surface area contributed by atoms with Crippen molar-refractivity contribution in [3.63, 3.8) is 0 Å². The maximum atomic E-state index is 12.7. The maximum Gasteiger partial charge on any atom is 0.255 e. The van der Waals surface area contributed by atoms with E-state index in [1.807, 2.05) is 47.9 Å². The quantitative estimate of drug-likeness (QED) is 0.818. The Labute approximate surface area is 170 Å². The van der Waals surface area contributed by atoms with Crippen LogP contribution in [0, 0.1) is 6.92 Å². The molecule has 1 fully saturated rings. The van der Waals surface area contributed by atoms with Crippen LogP contribution in [-0.2, 0) is 6.54 Å². The van der Waals surface area contributed by atoms with Crippen LogP contribution in [0.25, 0.3) is 0 Å². The standard InChI is InChI=1S/C20H23N3O2S.ClH/c1-14-2-5-17(20(25)23-8-10-26-11-9-23)12-18(14)22-19(24)16-6-3-15(13-21)4-7-16;/h2-7,12H,8-11,13,21H2,1H3,(H,22,24);1H. The van der Waals surface area contributed by atoms with Gasteiger partial charge in [-0.05, 0) is 42.3 Å². The molecule has 3 rings (SSSR count). The molecule has 0 atom stereocenters. The van der Waals surface area contributed by atoms with Crippen molar-refractivity contribution in [2.24, 2.45) is 5.73 Å². The number of anilines is 1. The molecule has 0 bridgehead atoms. The molecule has 3 N–H and O–H groups in total. The lowest BCUT2D eigenvalue weighted by Crippen LogP contribution is -2.37. The van der Waals surface area contributed by atoms with Crippen LogP contribution in [0.2, 0.25) is 0 Å². The first-order chi connectivity index (χ1) is 12.6. The van der Waals surface area contributed by atoms with E-state index in [4.69, 9.17) is 5.73 Å². The third-order valence-corrected chi connectivity index (χ3v) is 5.43. The molecule has 2 amide bonds. The van der Waals surface area contributed by atoms with Gasteiger partial charge < -0.3 is 16.0 Å². The third kappa shape index (κ3) is 5.25. The van der Waals surface area contributed by atoms with Crippen LogP contribution in [0.1, 0.15) is 31.8 Å². The first-order valence-corrected chi connectivity index (χ1v) is 9.82. The lowest BCUT2D eigenvalue weighted by Gasteiger charge is -2.26. The largest absolute Gasteiger partial charge is 0.337 e. The zero-order valence-corrected chi connectivity index (χ0v) is 16.9. The molecule has 27 heavy (non-hydrogen) atoms. The summed E-state index contributed by atoms with van der Waals surface area (Å²) in [6.45, 7) is 3.90. The van der Waals surface area contributed by atoms with Crippen LogP contribution >= 0.6 is 24.2 Å². The van der Waals surface area contributed by atoms with Crippen molar-refractivity contribution >= 4 is 41.7 Å². The number of amides is 2. The molecule has 0 radical (unpaired) electrons. The monoisotopic (exact) mass is 405 g/mol. The maximum absolute atomic E-state index is 12.7. The molecule has 0 unspecified atom stereocenters. The Bertz CT molecular complexity index is 805. The van der Waals surface area contributed by atoms with Crippen LogP contribution in [0.5, 0.6) is 0 Å². The summed E-state index contributed by atoms with van der Waals surface area (Å²) in [6.07, 6.45) is 0. The van der Waals surface area contributed by atoms with Crippen LogP contribution in [-0.4, -0.2) is 41.3 Å². The fourth-order valence-corrected chi connectivity index (χ4v) is 3.73. The Morgan fingerprint density at radius 3 is 2.33 bits per heavy atom. The number of benzene rings is 2. The second kappa shape index (κ2) is 9.78. The molecule has 0 saturated carbocycles. The SMILES string of the molecule is Cc1ccc(C(=O)N2CCSCC2)cc1NC(=O)c1ccc(CN)cc1.Cl. The topological polar surface area (TPSA) is 75.4 Å². The van der Waals surface area contributed by atoms with Crippen molar-refractivity contribution in [1.82, 2.24) is 4.90 Å². The first-order valence-electron chi connectivity index (χ1n) is 8.66. The number of hydrogen-bond donors (Lipinski definition) is 2. The molecule has 1 aliphatic rings. The number of nitrogens with two attached hydrogens (primary N) is 1. The number of carbonyl (C=O) groups excluding carboxylic acids is 2. The minimum absolute atomic E-state index is 0. The Balaban J connectivity index is 0.00000261. The second-order valence-corrected chi connectivity index (χ2v) is 7.51. The number of nitrogens with one attached hydrogen (secondary N) is 1. The van der Waals surface area contributed by atoms with Gasteiger partial charge in [0.15, 0.2) is 0 Å². The summed E-state index contributed by atoms with van der Waals surface area (Å²) in [7, 11) is 0. The van der Waals surface area contributed by atoms with Gasteiger partial charge in [0.1, 0.15) is 0 Å². The van der Waals surface area contributed by atoms with Gasteiger partial charge >= 0.3 is 0 Å². The molecule has 2 aromatic carbocycles. The lowest BCUT2D eigenvalue weighted by atomic mass is 10.1. The van der Waals surface area contributed by atoms with Gasteiger partial charge in [0, 0.05) is 48.0 Å². The molecule has 144 valence electrons. The normalized spacial score (nSPS) is 13.6. The van der Waals surface area contributed by atoms with E-state index in [1.54, 1.807) is 18.2 Å². The van der Waals surface area contributed by atoms with E-state index in [-0.39, 0.29) is 24.2 Å². The minimum atomic E-state index is -0.198. The van der Waals surface area contributed by atoms with Gasteiger partial charge in [0.25, 0.3) is 11.8 Å². The van der Waals surface area contributed by atoms with E-state index >= 15 is 0 Å². The molecule has 0 aliphatic carbocycles. The third-order valence-electron chi connectivity index (χ3n) is 4.48. The van der Waals surface area contributed by atoms with Crippen molar-refractivity contribution in [3.8, 4) is 0 Å². The summed E-state index contributed by atoms with van der Waals surface area (Å²) in [5.74, 6) is 1.77. The van der Waals surface area contributed by atoms with Gasteiger partial charge in [-0.3, -0.25) is 9.59 Å². The van der Waals surface area contributed by atoms with Crippen molar-refractivity contribution < 1.29 is 9.59 Å². The van der Waals surface area contributed by atoms with Crippen LogP contribution in [0.4, 0.5) is 5.69 Å². The van der Waals surface area contributed by atoms with E-state index in [2.05, 4.69) is 5.32 Å². The van der Waals surface area contributed by atoms with Crippen molar-refractivity contribution in [3.05, 3.63) is 64.7 Å². The predicted octanol–water partition coefficient (Wildman–Crippen LogP) is 3.32. The smallest absolute Gasteiger partial charge is 0.255 e. The fourth-order valence-electron chi connectivity index (χ4n) is 2.83. The highest BCUT2D eigenvalue weighted by Crippen LogP contribution is 2.20. The summed E-state index contributed by atoms with van der Waals surface area (Å²) in [5.41, 5.74) is 9.32. The van der Waals surface area contributed by atoms with E-state index in [9.17, 15) is 9.59 Å². The molecule has 2 aromatic rings. The number of carbonyl (C=O) groups is 2. The highest BCUT2D eigenvalue weighted by atomic mass is 35.5. The molecule has 1 aliphatic heterocycles. The Morgan fingerprint density at radius 1 is 1.07 bits per heavy atom. The first kappa shape index (κ1) is 21.3. The summed E-state index contributed by atoms with van der Waals surface area (Å²) in [6, 6.07) is 12.7. The Morgan fingerprint density at radius 2 is 1.70 bits per heavy atom. The molecule has 0 spiro atoms. The van der Waals surface area contributed by atoms with Gasteiger partial charge in [-0.25, -0.2) is 0 Å². The van der Waals surface area contributed by atoms with Gasteiger partial charge in [0.05, 0.1) is 0 Å². The number of halogens is 1. The molecular formula is C20H24ClN3O2S. The van der Waals surface area contributed by atoms with Crippen LogP contribution in [0.3, 0.4) is 0 Å². The number of hydrogen-bond acceptors (Lipinski definition) is 4. The number of thioether (sulfide) groups is 1. The van der Waals surface area contributed by atoms with Gasteiger partial charge in [0.2, 0.25) is 0 Å². The zero-order valence-electron chi connectivity index (χ0n) is 15.2. The van der Waals surface area contributed by atoms with E-state index in [0.717, 1.165) is 35.7 Å². The average Bonchev–Trinajstić information content (AvgIpc) is 2.69. The number of rotatable bonds is 4. The molecule has 1 heterocycles. The molecule has 1 saturated heterocycles. The number of nitrogens with zero attached hydrogens (tertiary/aromatic N) is 1. The Kier molecular flexibility index (Phi) is 7.71. The summed E-state index contributed by atoms with van der Waals surface area (Å²) in [4.78, 5) is 27.1. The average molecular weight is 406 g/mol. The zero-order chi connectivity index (χ0) is 18.5. The lowest BCUT2D eigenvalue weighted by molar-refractivity contribution is 0.0772. The van der Waals surface area contributed by atoms with Crippen molar-refractivity contribution in [2.75, 3.05) is 29.9 Å². The summed E-state index contributed by atoms with van der Waals surface area (Å²) < 4.78 is 0. The highest BCUT2D eigenvalue weighted by Gasteiger charge is 2.19. The van der Waals surface area contributed by atoms with Crippen molar-refractivity contribution in [1.29, 1.82) is 0 Å². The van der Waals surface area contributed by atoms with Gasteiger partial charge in [-0.15, -0.1) is 12.4 Å². The highest BCUT2D eigenvalue weighted by molar-refractivity contribution is 7.99. The van der Waals surface area contributed by atoms with Crippen LogP contribution in [0.15, 0.2) is 42.5 Å². The van der Waals surface area contributed by atoms with E-state index in [1.165, 1.54) is 0 Å². The number of aryl methyl sites for hydroxylation is 1. The minimum Gasteiger partial charge on any atom is -0.337 e. The molecular weight excluding hydrogens is 382 g/mol.